The Kier molecular flexibility index (Phi) is 17.2. The molecular formula is C27H45NO8. The van der Waals surface area contributed by atoms with Crippen molar-refractivity contribution in [2.45, 2.75) is 96.9 Å². The second-order valence-electron chi connectivity index (χ2n) is 8.89. The molecule has 0 saturated carbocycles. The topological polar surface area (TPSA) is 116 Å². The van der Waals surface area contributed by atoms with E-state index in [4.69, 9.17) is 18.6 Å². The minimum atomic E-state index is -1.17. The highest BCUT2D eigenvalue weighted by Gasteiger charge is 2.28. The number of carbonyl (C=O) groups is 3. The van der Waals surface area contributed by atoms with E-state index in [1.165, 1.54) is 83.4 Å². The van der Waals surface area contributed by atoms with Crippen LogP contribution in [0.15, 0.2) is 16.5 Å². The molecule has 0 spiro atoms. The summed E-state index contributed by atoms with van der Waals surface area (Å²) in [7, 11) is 1.32. The SMILES string of the molecule is CCCCCCCCCCCCCCOc1ccc(C(=O)OCC(=O)N(C)[C@@H](CO)C(=O)OCC)o1. The highest BCUT2D eigenvalue weighted by molar-refractivity contribution is 5.90. The number of ether oxygens (including phenoxy) is 3. The van der Waals surface area contributed by atoms with Crippen LogP contribution < -0.4 is 4.74 Å². The third kappa shape index (κ3) is 13.0. The molecule has 9 nitrogen and oxygen atoms in total. The lowest BCUT2D eigenvalue weighted by Crippen LogP contribution is -2.47. The predicted octanol–water partition coefficient (Wildman–Crippen LogP) is 4.90. The Labute approximate surface area is 215 Å². The number of nitrogens with zero attached hydrogens (tertiary/aromatic N) is 1. The van der Waals surface area contributed by atoms with Gasteiger partial charge in [-0.15, -0.1) is 0 Å². The van der Waals surface area contributed by atoms with Crippen molar-refractivity contribution in [2.24, 2.45) is 0 Å². The summed E-state index contributed by atoms with van der Waals surface area (Å²) in [6.07, 6.45) is 15.1. The first kappa shape index (κ1) is 31.5. The summed E-state index contributed by atoms with van der Waals surface area (Å²) < 4.78 is 20.7. The Balaban J connectivity index is 2.18. The van der Waals surface area contributed by atoms with Crippen molar-refractivity contribution in [3.63, 3.8) is 0 Å². The predicted molar refractivity (Wildman–Crippen MR) is 136 cm³/mol. The molecule has 1 aromatic heterocycles. The molecule has 0 aliphatic rings. The molecule has 1 N–H and O–H groups in total. The fourth-order valence-electron chi connectivity index (χ4n) is 3.69. The van der Waals surface area contributed by atoms with Crippen LogP contribution in [-0.4, -0.2) is 67.4 Å². The fraction of sp³-hybridized carbons (Fsp3) is 0.741. The molecule has 0 aliphatic carbocycles. The van der Waals surface area contributed by atoms with Crippen LogP contribution in [0.4, 0.5) is 0 Å². The molecule has 0 unspecified atom stereocenters. The highest BCUT2D eigenvalue weighted by Crippen LogP contribution is 2.18. The van der Waals surface area contributed by atoms with Crippen LogP contribution in [0.1, 0.15) is 101 Å². The van der Waals surface area contributed by atoms with E-state index in [1.807, 2.05) is 0 Å². The van der Waals surface area contributed by atoms with E-state index < -0.39 is 37.1 Å². The smallest absolute Gasteiger partial charge is 0.374 e. The summed E-state index contributed by atoms with van der Waals surface area (Å²) in [4.78, 5) is 37.2. The van der Waals surface area contributed by atoms with Gasteiger partial charge in [-0.3, -0.25) is 4.79 Å². The average molecular weight is 512 g/mol. The van der Waals surface area contributed by atoms with Gasteiger partial charge < -0.3 is 28.6 Å². The summed E-state index contributed by atoms with van der Waals surface area (Å²) in [6.45, 7) is 3.27. The van der Waals surface area contributed by atoms with Crippen LogP contribution in [0.3, 0.4) is 0 Å². The van der Waals surface area contributed by atoms with Gasteiger partial charge in [-0.1, -0.05) is 77.6 Å². The van der Waals surface area contributed by atoms with E-state index in [0.29, 0.717) is 6.61 Å². The fourth-order valence-corrected chi connectivity index (χ4v) is 3.69. The zero-order chi connectivity index (χ0) is 26.6. The van der Waals surface area contributed by atoms with Crippen molar-refractivity contribution >= 4 is 17.8 Å². The van der Waals surface area contributed by atoms with Crippen molar-refractivity contribution in [3.8, 4) is 5.95 Å². The first-order valence-corrected chi connectivity index (χ1v) is 13.4. The highest BCUT2D eigenvalue weighted by atomic mass is 16.6. The third-order valence-corrected chi connectivity index (χ3v) is 5.94. The lowest BCUT2D eigenvalue weighted by atomic mass is 10.1. The van der Waals surface area contributed by atoms with Crippen LogP contribution in [0.5, 0.6) is 5.95 Å². The zero-order valence-corrected chi connectivity index (χ0v) is 22.3. The molecule has 1 amide bonds. The normalized spacial score (nSPS) is 11.7. The molecule has 0 aromatic carbocycles. The monoisotopic (exact) mass is 511 g/mol. The number of esters is 2. The van der Waals surface area contributed by atoms with Gasteiger partial charge in [0.2, 0.25) is 5.76 Å². The standard InChI is InChI=1S/C27H45NO8/c1-4-6-7-8-9-10-11-12-13-14-15-16-19-34-25-18-17-23(36-25)27(32)35-21-24(30)28(3)22(20-29)26(31)33-5-2/h17-18,22,29H,4-16,19-21H2,1-3H3/t22-/m0/s1. The van der Waals surface area contributed by atoms with Gasteiger partial charge in [0.1, 0.15) is 0 Å². The van der Waals surface area contributed by atoms with Gasteiger partial charge in [0.05, 0.1) is 19.8 Å². The number of aliphatic hydroxyl groups excluding tert-OH is 1. The number of furan rings is 1. The second kappa shape index (κ2) is 19.6. The molecular weight excluding hydrogens is 466 g/mol. The summed E-state index contributed by atoms with van der Waals surface area (Å²) in [5.41, 5.74) is 0. The lowest BCUT2D eigenvalue weighted by Gasteiger charge is -2.24. The van der Waals surface area contributed by atoms with Crippen LogP contribution >= 0.6 is 0 Å². The summed E-state index contributed by atoms with van der Waals surface area (Å²) in [5, 5.41) is 9.36. The molecule has 1 aromatic rings. The minimum Gasteiger partial charge on any atom is -0.465 e. The second-order valence-corrected chi connectivity index (χ2v) is 8.89. The van der Waals surface area contributed by atoms with E-state index in [2.05, 4.69) is 6.92 Å². The zero-order valence-electron chi connectivity index (χ0n) is 22.3. The molecule has 0 aliphatic heterocycles. The van der Waals surface area contributed by atoms with E-state index >= 15 is 0 Å². The van der Waals surface area contributed by atoms with Gasteiger partial charge in [-0.2, -0.15) is 0 Å². The Bertz CT molecular complexity index is 748. The summed E-state index contributed by atoms with van der Waals surface area (Å²) in [5.74, 6) is -2.09. The minimum absolute atomic E-state index is 0.0840. The Hall–Kier alpha value is -2.55. The number of hydrogen-bond acceptors (Lipinski definition) is 8. The number of unbranched alkanes of at least 4 members (excludes halogenated alkanes) is 11. The van der Waals surface area contributed by atoms with E-state index in [1.54, 1.807) is 6.92 Å². The maximum atomic E-state index is 12.2. The van der Waals surface area contributed by atoms with E-state index in [-0.39, 0.29) is 18.3 Å². The largest absolute Gasteiger partial charge is 0.465 e. The third-order valence-electron chi connectivity index (χ3n) is 5.94. The maximum absolute atomic E-state index is 12.2. The first-order chi connectivity index (χ1) is 17.4. The Morgan fingerprint density at radius 1 is 0.889 bits per heavy atom. The number of carbonyl (C=O) groups excluding carboxylic acids is 3. The molecule has 9 heteroatoms. The van der Waals surface area contributed by atoms with Crippen molar-refractivity contribution in [2.75, 3.05) is 33.5 Å². The van der Waals surface area contributed by atoms with Crippen LogP contribution in [0, 0.1) is 0 Å². The van der Waals surface area contributed by atoms with Crippen molar-refractivity contribution < 1.29 is 38.1 Å². The van der Waals surface area contributed by atoms with Crippen LogP contribution in [0.25, 0.3) is 0 Å². The number of aliphatic hydroxyl groups is 1. The number of hydrogen-bond donors (Lipinski definition) is 1. The maximum Gasteiger partial charge on any atom is 0.374 e. The van der Waals surface area contributed by atoms with Gasteiger partial charge in [-0.25, -0.2) is 9.59 Å². The molecule has 36 heavy (non-hydrogen) atoms. The summed E-state index contributed by atoms with van der Waals surface area (Å²) in [6, 6.07) is 1.79. The van der Waals surface area contributed by atoms with E-state index in [9.17, 15) is 19.5 Å². The molecule has 0 saturated heterocycles. The quantitative estimate of drug-likeness (QED) is 0.183. The van der Waals surface area contributed by atoms with Crippen molar-refractivity contribution in [1.82, 2.24) is 4.90 Å². The molecule has 0 fully saturated rings. The summed E-state index contributed by atoms with van der Waals surface area (Å²) >= 11 is 0. The lowest BCUT2D eigenvalue weighted by molar-refractivity contribution is -0.156. The molecule has 1 heterocycles. The van der Waals surface area contributed by atoms with Gasteiger partial charge >= 0.3 is 11.9 Å². The van der Waals surface area contributed by atoms with Gasteiger partial charge in [0, 0.05) is 13.1 Å². The first-order valence-electron chi connectivity index (χ1n) is 13.4. The van der Waals surface area contributed by atoms with Gasteiger partial charge in [0.15, 0.2) is 12.6 Å². The van der Waals surface area contributed by atoms with Crippen molar-refractivity contribution in [3.05, 3.63) is 17.9 Å². The average Bonchev–Trinajstić information content (AvgIpc) is 3.34. The number of likely N-dealkylation sites (N-methyl/N-ethyl adjacent to an activating group) is 1. The van der Waals surface area contributed by atoms with Gasteiger partial charge in [-0.05, 0) is 19.4 Å². The van der Waals surface area contributed by atoms with E-state index in [0.717, 1.165) is 17.7 Å². The van der Waals surface area contributed by atoms with Gasteiger partial charge in [0.25, 0.3) is 11.9 Å². The molecule has 0 radical (unpaired) electrons. The van der Waals surface area contributed by atoms with Crippen molar-refractivity contribution in [1.29, 1.82) is 0 Å². The molecule has 0 bridgehead atoms. The molecule has 1 atom stereocenters. The molecule has 206 valence electrons. The Morgan fingerprint density at radius 3 is 2.03 bits per heavy atom. The van der Waals surface area contributed by atoms with Crippen LogP contribution in [-0.2, 0) is 19.1 Å². The molecule has 1 rings (SSSR count). The number of rotatable bonds is 21. The van der Waals surface area contributed by atoms with Crippen LogP contribution in [0.2, 0.25) is 0 Å². The number of amides is 1. The Morgan fingerprint density at radius 2 is 1.47 bits per heavy atom.